The van der Waals surface area contributed by atoms with Crippen molar-refractivity contribution in [1.29, 1.82) is 0 Å². The minimum absolute atomic E-state index is 1.10. The van der Waals surface area contributed by atoms with Gasteiger partial charge in [-0.3, -0.25) is 0 Å². The van der Waals surface area contributed by atoms with Crippen LogP contribution in [-0.4, -0.2) is 23.0 Å². The molecule has 0 saturated heterocycles. The van der Waals surface area contributed by atoms with Crippen molar-refractivity contribution in [2.75, 3.05) is 23.0 Å². The van der Waals surface area contributed by atoms with E-state index in [4.69, 9.17) is 0 Å². The Hall–Kier alpha value is 0.440. The molecule has 9 heavy (non-hydrogen) atoms. The third-order valence-electron chi connectivity index (χ3n) is 0.812. The van der Waals surface area contributed by atoms with Crippen LogP contribution in [0.5, 0.6) is 0 Å². The molecule has 0 radical (unpaired) electrons. The van der Waals surface area contributed by atoms with E-state index in [9.17, 15) is 0 Å². The Morgan fingerprint density at radius 2 is 2.00 bits per heavy atom. The largest absolute Gasteiger partial charge is 0.161 e. The quantitative estimate of drug-likeness (QED) is 0.435. The van der Waals surface area contributed by atoms with Crippen molar-refractivity contribution in [2.24, 2.45) is 0 Å². The summed E-state index contributed by atoms with van der Waals surface area (Å²) in [5, 5.41) is 0. The van der Waals surface area contributed by atoms with E-state index in [1.54, 1.807) is 0 Å². The highest BCUT2D eigenvalue weighted by molar-refractivity contribution is 8.02. The van der Waals surface area contributed by atoms with Crippen molar-refractivity contribution >= 4 is 23.5 Å². The fourth-order valence-electron chi connectivity index (χ4n) is 0.429. The van der Waals surface area contributed by atoms with Crippen molar-refractivity contribution in [3.63, 3.8) is 0 Å². The third kappa shape index (κ3) is 8.44. The minimum atomic E-state index is 1.10. The second-order valence-electron chi connectivity index (χ2n) is 1.56. The van der Waals surface area contributed by atoms with Gasteiger partial charge in [0, 0.05) is 17.3 Å². The van der Waals surface area contributed by atoms with Gasteiger partial charge in [0.05, 0.1) is 0 Å². The van der Waals surface area contributed by atoms with Crippen LogP contribution in [-0.2, 0) is 0 Å². The molecule has 0 aromatic heterocycles. The van der Waals surface area contributed by atoms with Crippen LogP contribution < -0.4 is 0 Å². The molecular formula is C7H14S2. The number of hydrogen-bond acceptors (Lipinski definition) is 2. The van der Waals surface area contributed by atoms with Crippen LogP contribution >= 0.6 is 23.5 Å². The van der Waals surface area contributed by atoms with Gasteiger partial charge in [-0.25, -0.2) is 0 Å². The topological polar surface area (TPSA) is 0 Å². The van der Waals surface area contributed by atoms with E-state index in [1.807, 2.05) is 29.6 Å². The second-order valence-corrected chi connectivity index (χ2v) is 4.10. The van der Waals surface area contributed by atoms with Gasteiger partial charge < -0.3 is 0 Å². The average molecular weight is 162 g/mol. The van der Waals surface area contributed by atoms with Gasteiger partial charge >= 0.3 is 0 Å². The molecule has 0 nitrogen and oxygen atoms in total. The minimum Gasteiger partial charge on any atom is -0.161 e. The molecule has 0 N–H and O–H groups in total. The average Bonchev–Trinajstić information content (AvgIpc) is 1.89. The summed E-state index contributed by atoms with van der Waals surface area (Å²) in [6.45, 7) is 5.85. The molecule has 0 saturated carbocycles. The van der Waals surface area contributed by atoms with Crippen molar-refractivity contribution in [2.45, 2.75) is 6.92 Å². The summed E-state index contributed by atoms with van der Waals surface area (Å²) in [6.07, 6.45) is 1.96. The molecule has 54 valence electrons. The lowest BCUT2D eigenvalue weighted by Gasteiger charge is -1.94. The zero-order chi connectivity index (χ0) is 6.95. The van der Waals surface area contributed by atoms with E-state index < -0.39 is 0 Å². The maximum atomic E-state index is 3.65. The fraction of sp³-hybridized carbons (Fsp3) is 0.714. The van der Waals surface area contributed by atoms with Gasteiger partial charge in [0.25, 0.3) is 0 Å². The molecule has 0 aliphatic carbocycles. The molecule has 0 amide bonds. The maximum Gasteiger partial charge on any atom is 0.0111 e. The molecule has 0 atom stereocenters. The lowest BCUT2D eigenvalue weighted by molar-refractivity contribution is 1.47. The van der Waals surface area contributed by atoms with Gasteiger partial charge in [0.15, 0.2) is 0 Å². The Morgan fingerprint density at radius 1 is 1.33 bits per heavy atom. The zero-order valence-corrected chi connectivity index (χ0v) is 7.56. The highest BCUT2D eigenvalue weighted by Gasteiger charge is 1.84. The van der Waals surface area contributed by atoms with E-state index in [0.29, 0.717) is 0 Å². The van der Waals surface area contributed by atoms with E-state index in [1.165, 1.54) is 17.3 Å². The van der Waals surface area contributed by atoms with Gasteiger partial charge in [0.1, 0.15) is 0 Å². The highest BCUT2D eigenvalue weighted by atomic mass is 32.2. The summed E-state index contributed by atoms with van der Waals surface area (Å²) in [7, 11) is 0. The molecular weight excluding hydrogens is 148 g/mol. The maximum absolute atomic E-state index is 3.65. The van der Waals surface area contributed by atoms with Gasteiger partial charge in [-0.2, -0.15) is 23.5 Å². The molecule has 0 heterocycles. The third-order valence-corrected chi connectivity index (χ3v) is 2.94. The first-order valence-corrected chi connectivity index (χ1v) is 5.49. The molecule has 0 aromatic carbocycles. The smallest absolute Gasteiger partial charge is 0.0111 e. The molecule has 0 aromatic rings. The first-order valence-electron chi connectivity index (χ1n) is 3.18. The Kier molecular flexibility index (Phi) is 8.85. The van der Waals surface area contributed by atoms with E-state index in [0.717, 1.165) is 5.75 Å². The molecule has 2 heteroatoms. The number of thioether (sulfide) groups is 2. The SMILES string of the molecule is C=CCSCCSCC. The van der Waals surface area contributed by atoms with Crippen LogP contribution in [0.1, 0.15) is 6.92 Å². The standard InChI is InChI=1S/C7H14S2/c1-3-5-9-7-6-8-4-2/h3H,1,4-7H2,2H3. The molecule has 0 fully saturated rings. The molecule has 0 rings (SSSR count). The fourth-order valence-corrected chi connectivity index (χ4v) is 1.99. The first kappa shape index (κ1) is 9.44. The summed E-state index contributed by atoms with van der Waals surface area (Å²) >= 11 is 3.96. The van der Waals surface area contributed by atoms with Crippen molar-refractivity contribution in [3.8, 4) is 0 Å². The van der Waals surface area contributed by atoms with Crippen LogP contribution in [0.3, 0.4) is 0 Å². The van der Waals surface area contributed by atoms with Crippen molar-refractivity contribution in [3.05, 3.63) is 12.7 Å². The van der Waals surface area contributed by atoms with Crippen molar-refractivity contribution < 1.29 is 0 Å². The number of hydrogen-bond donors (Lipinski definition) is 0. The summed E-state index contributed by atoms with van der Waals surface area (Å²) in [5.41, 5.74) is 0. The van der Waals surface area contributed by atoms with E-state index in [-0.39, 0.29) is 0 Å². The zero-order valence-electron chi connectivity index (χ0n) is 5.93. The van der Waals surface area contributed by atoms with Crippen LogP contribution in [0, 0.1) is 0 Å². The predicted molar refractivity (Wildman–Crippen MR) is 50.5 cm³/mol. The summed E-state index contributed by atoms with van der Waals surface area (Å²) in [6, 6.07) is 0. The van der Waals surface area contributed by atoms with E-state index in [2.05, 4.69) is 13.5 Å². The Bertz CT molecular complexity index is 61.9. The van der Waals surface area contributed by atoms with Gasteiger partial charge in [0.2, 0.25) is 0 Å². The molecule has 0 bridgehead atoms. The lowest BCUT2D eigenvalue weighted by Crippen LogP contribution is -1.84. The van der Waals surface area contributed by atoms with Crippen LogP contribution in [0.25, 0.3) is 0 Å². The van der Waals surface area contributed by atoms with E-state index >= 15 is 0 Å². The Balaban J connectivity index is 2.66. The van der Waals surface area contributed by atoms with Crippen molar-refractivity contribution in [1.82, 2.24) is 0 Å². The van der Waals surface area contributed by atoms with Crippen LogP contribution in [0.2, 0.25) is 0 Å². The highest BCUT2D eigenvalue weighted by Crippen LogP contribution is 2.05. The van der Waals surface area contributed by atoms with Gasteiger partial charge in [-0.1, -0.05) is 13.0 Å². The molecule has 0 aliphatic heterocycles. The molecule has 0 aliphatic rings. The van der Waals surface area contributed by atoms with Gasteiger partial charge in [-0.15, -0.1) is 6.58 Å². The predicted octanol–water partition coefficient (Wildman–Crippen LogP) is 2.66. The van der Waals surface area contributed by atoms with Crippen LogP contribution in [0.4, 0.5) is 0 Å². The van der Waals surface area contributed by atoms with Gasteiger partial charge in [-0.05, 0) is 5.75 Å². The second kappa shape index (κ2) is 8.44. The Labute approximate surface area is 66.5 Å². The summed E-state index contributed by atoms with van der Waals surface area (Å²) in [5.74, 6) is 4.90. The number of rotatable bonds is 6. The van der Waals surface area contributed by atoms with Crippen LogP contribution in [0.15, 0.2) is 12.7 Å². The Morgan fingerprint density at radius 3 is 2.56 bits per heavy atom. The normalized spacial score (nSPS) is 9.44. The first-order chi connectivity index (χ1) is 4.41. The summed E-state index contributed by atoms with van der Waals surface area (Å²) < 4.78 is 0. The molecule has 0 spiro atoms. The lowest BCUT2D eigenvalue weighted by atomic mass is 10.8. The monoisotopic (exact) mass is 162 g/mol. The summed E-state index contributed by atoms with van der Waals surface area (Å²) in [4.78, 5) is 0. The molecule has 0 unspecified atom stereocenters.